The van der Waals surface area contributed by atoms with Crippen LogP contribution < -0.4 is 5.32 Å². The Morgan fingerprint density at radius 3 is 2.48 bits per heavy atom. The minimum absolute atomic E-state index is 0.0505. The third-order valence-corrected chi connectivity index (χ3v) is 5.48. The molecule has 6 nitrogen and oxygen atoms in total. The molecule has 1 aliphatic heterocycles. The van der Waals surface area contributed by atoms with Crippen LogP contribution in [-0.4, -0.2) is 38.9 Å². The van der Waals surface area contributed by atoms with Crippen molar-refractivity contribution in [3.63, 3.8) is 0 Å². The lowest BCUT2D eigenvalue weighted by molar-refractivity contribution is -0.140. The van der Waals surface area contributed by atoms with Crippen molar-refractivity contribution in [2.75, 3.05) is 6.54 Å². The van der Waals surface area contributed by atoms with Crippen LogP contribution >= 0.6 is 0 Å². The Bertz CT molecular complexity index is 629. The fraction of sp³-hybridized carbons (Fsp3) is 0.737. The van der Waals surface area contributed by atoms with Crippen molar-refractivity contribution >= 4 is 11.8 Å². The summed E-state index contributed by atoms with van der Waals surface area (Å²) in [5.74, 6) is -0.103. The van der Waals surface area contributed by atoms with Crippen molar-refractivity contribution < 1.29 is 9.59 Å². The van der Waals surface area contributed by atoms with E-state index in [9.17, 15) is 9.59 Å². The van der Waals surface area contributed by atoms with Crippen molar-refractivity contribution in [3.05, 3.63) is 17.7 Å². The molecule has 1 N–H and O–H groups in total. The molecule has 25 heavy (non-hydrogen) atoms. The Morgan fingerprint density at radius 2 is 1.88 bits per heavy atom. The third kappa shape index (κ3) is 3.72. The predicted molar refractivity (Wildman–Crippen MR) is 96.1 cm³/mol. The lowest BCUT2D eigenvalue weighted by atomic mass is 9.99. The third-order valence-electron chi connectivity index (χ3n) is 5.48. The number of fused-ring (bicyclic) bond motifs is 1. The summed E-state index contributed by atoms with van der Waals surface area (Å²) in [7, 11) is 0. The highest BCUT2D eigenvalue weighted by atomic mass is 16.2. The molecule has 0 bridgehead atoms. The van der Waals surface area contributed by atoms with E-state index in [1.165, 1.54) is 25.7 Å². The number of hydrogen-bond acceptors (Lipinski definition) is 3. The van der Waals surface area contributed by atoms with Crippen LogP contribution in [0.3, 0.4) is 0 Å². The molecule has 0 radical (unpaired) electrons. The van der Waals surface area contributed by atoms with Gasteiger partial charge in [-0.05, 0) is 26.7 Å². The van der Waals surface area contributed by atoms with E-state index in [0.717, 1.165) is 24.2 Å². The average Bonchev–Trinajstić information content (AvgIpc) is 2.84. The summed E-state index contributed by atoms with van der Waals surface area (Å²) in [6.07, 6.45) is 9.43. The second-order valence-corrected chi connectivity index (χ2v) is 7.64. The van der Waals surface area contributed by atoms with E-state index in [-0.39, 0.29) is 23.9 Å². The molecule has 0 spiro atoms. The summed E-state index contributed by atoms with van der Waals surface area (Å²) in [5, 5.41) is 3.24. The van der Waals surface area contributed by atoms with Crippen LogP contribution in [0.25, 0.3) is 0 Å². The number of amides is 2. The first-order valence-corrected chi connectivity index (χ1v) is 9.62. The van der Waals surface area contributed by atoms with Crippen molar-refractivity contribution in [1.29, 1.82) is 0 Å². The average molecular weight is 346 g/mol. The zero-order valence-electron chi connectivity index (χ0n) is 15.6. The minimum Gasteiger partial charge on any atom is -0.351 e. The summed E-state index contributed by atoms with van der Waals surface area (Å²) in [6, 6.07) is -0.129. The summed E-state index contributed by atoms with van der Waals surface area (Å²) in [6.45, 7) is 6.26. The van der Waals surface area contributed by atoms with Crippen molar-refractivity contribution in [3.8, 4) is 0 Å². The highest BCUT2D eigenvalue weighted by Crippen LogP contribution is 2.32. The van der Waals surface area contributed by atoms with Crippen molar-refractivity contribution in [2.45, 2.75) is 83.8 Å². The van der Waals surface area contributed by atoms with Gasteiger partial charge >= 0.3 is 0 Å². The van der Waals surface area contributed by atoms with Gasteiger partial charge < -0.3 is 14.8 Å². The number of hydrogen-bond donors (Lipinski definition) is 1. The zero-order chi connectivity index (χ0) is 18.0. The molecule has 138 valence electrons. The van der Waals surface area contributed by atoms with E-state index in [0.29, 0.717) is 13.0 Å². The molecule has 0 unspecified atom stereocenters. The molecular weight excluding hydrogens is 316 g/mol. The van der Waals surface area contributed by atoms with E-state index in [1.54, 1.807) is 11.8 Å². The van der Waals surface area contributed by atoms with Crippen LogP contribution in [0.5, 0.6) is 0 Å². The van der Waals surface area contributed by atoms with E-state index in [1.807, 2.05) is 10.9 Å². The van der Waals surface area contributed by atoms with Crippen LogP contribution in [0.4, 0.5) is 0 Å². The van der Waals surface area contributed by atoms with E-state index in [4.69, 9.17) is 0 Å². The standard InChI is InChI=1S/C19H30N4O2/c1-13(2)23-12-20-16-10-11-22(14(3)24)18(17(16)23)19(25)21-15-8-6-4-5-7-9-15/h12-13,15,18H,4-11H2,1-3H3,(H,21,25)/t18-/m0/s1. The Kier molecular flexibility index (Phi) is 5.45. The first-order valence-electron chi connectivity index (χ1n) is 9.62. The maximum absolute atomic E-state index is 13.2. The quantitative estimate of drug-likeness (QED) is 0.856. The summed E-state index contributed by atoms with van der Waals surface area (Å²) in [4.78, 5) is 31.6. The normalized spacial score (nSPS) is 21.8. The monoisotopic (exact) mass is 346 g/mol. The summed E-state index contributed by atoms with van der Waals surface area (Å²) >= 11 is 0. The first-order chi connectivity index (χ1) is 12.0. The molecule has 1 aromatic heterocycles. The molecular formula is C19H30N4O2. The molecule has 2 amide bonds. The molecule has 1 aliphatic carbocycles. The predicted octanol–water partition coefficient (Wildman–Crippen LogP) is 2.75. The number of aromatic nitrogens is 2. The van der Waals surface area contributed by atoms with Gasteiger partial charge in [0.2, 0.25) is 11.8 Å². The van der Waals surface area contributed by atoms with Crippen LogP contribution in [0.1, 0.15) is 82.8 Å². The molecule has 1 saturated carbocycles. The largest absolute Gasteiger partial charge is 0.351 e. The molecule has 6 heteroatoms. The van der Waals surface area contributed by atoms with Crippen LogP contribution in [-0.2, 0) is 16.0 Å². The Labute approximate surface area is 150 Å². The van der Waals surface area contributed by atoms with Gasteiger partial charge in [-0.15, -0.1) is 0 Å². The maximum atomic E-state index is 13.2. The van der Waals surface area contributed by atoms with Gasteiger partial charge in [0.05, 0.1) is 17.7 Å². The van der Waals surface area contributed by atoms with Gasteiger partial charge in [0.25, 0.3) is 0 Å². The second kappa shape index (κ2) is 7.58. The zero-order valence-corrected chi connectivity index (χ0v) is 15.6. The number of nitrogens with zero attached hydrogens (tertiary/aromatic N) is 3. The number of nitrogens with one attached hydrogen (secondary N) is 1. The minimum atomic E-state index is -0.561. The van der Waals surface area contributed by atoms with Gasteiger partial charge in [-0.1, -0.05) is 25.7 Å². The Balaban J connectivity index is 1.88. The van der Waals surface area contributed by atoms with Crippen molar-refractivity contribution in [1.82, 2.24) is 19.8 Å². The van der Waals surface area contributed by atoms with E-state index in [2.05, 4.69) is 24.1 Å². The molecule has 1 atom stereocenters. The fourth-order valence-corrected chi connectivity index (χ4v) is 4.12. The number of carbonyl (C=O) groups is 2. The van der Waals surface area contributed by atoms with Gasteiger partial charge in [0, 0.05) is 32.0 Å². The van der Waals surface area contributed by atoms with Gasteiger partial charge in [-0.25, -0.2) is 4.98 Å². The molecule has 2 aliphatic rings. The second-order valence-electron chi connectivity index (χ2n) is 7.64. The van der Waals surface area contributed by atoms with Crippen molar-refractivity contribution in [2.24, 2.45) is 0 Å². The molecule has 2 heterocycles. The summed E-state index contributed by atoms with van der Waals surface area (Å²) in [5.41, 5.74) is 1.84. The van der Waals surface area contributed by atoms with Gasteiger partial charge in [-0.2, -0.15) is 0 Å². The lowest BCUT2D eigenvalue weighted by Crippen LogP contribution is -2.49. The smallest absolute Gasteiger partial charge is 0.249 e. The molecule has 1 aromatic rings. The number of imidazole rings is 1. The topological polar surface area (TPSA) is 67.2 Å². The van der Waals surface area contributed by atoms with E-state index >= 15 is 0 Å². The lowest BCUT2D eigenvalue weighted by Gasteiger charge is -2.36. The first kappa shape index (κ1) is 18.0. The van der Waals surface area contributed by atoms with E-state index < -0.39 is 6.04 Å². The fourth-order valence-electron chi connectivity index (χ4n) is 4.12. The Hall–Kier alpha value is -1.85. The highest BCUT2D eigenvalue weighted by molar-refractivity contribution is 5.88. The maximum Gasteiger partial charge on any atom is 0.249 e. The molecule has 1 fully saturated rings. The van der Waals surface area contributed by atoms with Gasteiger partial charge in [-0.3, -0.25) is 9.59 Å². The van der Waals surface area contributed by atoms with Crippen LogP contribution in [0.15, 0.2) is 6.33 Å². The SMILES string of the molecule is CC(=O)N1CCc2ncn(C(C)C)c2[C@H]1C(=O)NC1CCCCCC1. The highest BCUT2D eigenvalue weighted by Gasteiger charge is 2.38. The molecule has 0 saturated heterocycles. The molecule has 3 rings (SSSR count). The van der Waals surface area contributed by atoms with Gasteiger partial charge in [0.1, 0.15) is 0 Å². The number of carbonyl (C=O) groups excluding carboxylic acids is 2. The Morgan fingerprint density at radius 1 is 1.20 bits per heavy atom. The van der Waals surface area contributed by atoms with Gasteiger partial charge in [0.15, 0.2) is 6.04 Å². The number of rotatable bonds is 3. The van der Waals surface area contributed by atoms with Crippen LogP contribution in [0.2, 0.25) is 0 Å². The van der Waals surface area contributed by atoms with Crippen LogP contribution in [0, 0.1) is 0 Å². The molecule has 0 aromatic carbocycles. The summed E-state index contributed by atoms with van der Waals surface area (Å²) < 4.78 is 2.04.